The van der Waals surface area contributed by atoms with E-state index in [1.807, 2.05) is 0 Å². The molecule has 0 radical (unpaired) electrons. The van der Waals surface area contributed by atoms with Gasteiger partial charge in [0.05, 0.1) is 0 Å². The van der Waals surface area contributed by atoms with Crippen molar-refractivity contribution in [3.63, 3.8) is 0 Å². The molecule has 0 fully saturated rings. The second-order valence-electron chi connectivity index (χ2n) is 23.1. The molecule has 0 N–H and O–H groups in total. The first kappa shape index (κ1) is 78.1. The van der Waals surface area contributed by atoms with E-state index >= 15 is 0 Å². The molecule has 6 heteroatoms. The van der Waals surface area contributed by atoms with Gasteiger partial charge in [0.2, 0.25) is 0 Å². The van der Waals surface area contributed by atoms with Crippen molar-refractivity contribution < 1.29 is 28.6 Å². The van der Waals surface area contributed by atoms with Gasteiger partial charge >= 0.3 is 17.9 Å². The molecule has 0 aromatic carbocycles. The van der Waals surface area contributed by atoms with Gasteiger partial charge in [0, 0.05) is 19.3 Å². The van der Waals surface area contributed by atoms with Crippen LogP contribution < -0.4 is 0 Å². The molecular weight excluding hydrogens is 1010 g/mol. The molecule has 1 atom stereocenters. The number of rotatable bonds is 63. The summed E-state index contributed by atoms with van der Waals surface area (Å²) in [7, 11) is 0. The minimum atomic E-state index is -0.792. The molecule has 0 heterocycles. The average molecular weight is 1140 g/mol. The van der Waals surface area contributed by atoms with Crippen molar-refractivity contribution in [1.82, 2.24) is 0 Å². The number of carbonyl (C=O) groups is 3. The maximum atomic E-state index is 13.0. The van der Waals surface area contributed by atoms with Crippen molar-refractivity contribution in [3.05, 3.63) is 109 Å². The standard InChI is InChI=1S/C76H130O6/c1-4-7-10-13-16-19-22-25-28-30-32-34-36-37-38-39-41-42-44-46-48-51-54-57-60-63-66-69-75(78)81-72-73(71-80-74(77)68-65-62-59-56-53-50-27-24-21-18-15-12-9-6-3)82-76(79)70-67-64-61-58-55-52-49-47-45-43-40-35-33-31-29-26-23-20-17-14-11-8-5-2/h8,11,17,20,22,24-27,29-30,32-33,35-37,43,45,73H,4-7,9-10,12-16,18-19,21,23,28,31,34,38-42,44,46-72H2,1-3H3/b11-8-,20-17-,25-22-,27-24-,29-26-,32-30-,35-33-,37-36-,45-43-. The summed E-state index contributed by atoms with van der Waals surface area (Å²) < 4.78 is 17.0. The molecule has 0 aliphatic rings. The van der Waals surface area contributed by atoms with Crippen LogP contribution in [0.3, 0.4) is 0 Å². The van der Waals surface area contributed by atoms with Gasteiger partial charge in [0.15, 0.2) is 6.10 Å². The molecule has 0 bridgehead atoms. The van der Waals surface area contributed by atoms with E-state index in [9.17, 15) is 14.4 Å². The highest BCUT2D eigenvalue weighted by Crippen LogP contribution is 2.16. The summed E-state index contributed by atoms with van der Waals surface area (Å²) in [5, 5.41) is 0. The van der Waals surface area contributed by atoms with Crippen LogP contribution in [0.25, 0.3) is 0 Å². The van der Waals surface area contributed by atoms with E-state index in [4.69, 9.17) is 14.2 Å². The van der Waals surface area contributed by atoms with Gasteiger partial charge in [-0.25, -0.2) is 0 Å². The average Bonchev–Trinajstić information content (AvgIpc) is 3.47. The predicted octanol–water partition coefficient (Wildman–Crippen LogP) is 24.2. The summed E-state index contributed by atoms with van der Waals surface area (Å²) in [6, 6.07) is 0. The van der Waals surface area contributed by atoms with Gasteiger partial charge in [0.25, 0.3) is 0 Å². The van der Waals surface area contributed by atoms with Gasteiger partial charge < -0.3 is 14.2 Å². The van der Waals surface area contributed by atoms with E-state index in [1.54, 1.807) is 0 Å². The number of esters is 3. The number of hydrogen-bond acceptors (Lipinski definition) is 6. The van der Waals surface area contributed by atoms with E-state index in [0.29, 0.717) is 19.3 Å². The Kier molecular flexibility index (Phi) is 66.2. The molecule has 0 aliphatic carbocycles. The summed E-state index contributed by atoms with van der Waals surface area (Å²) in [5.41, 5.74) is 0. The van der Waals surface area contributed by atoms with Crippen molar-refractivity contribution in [2.24, 2.45) is 0 Å². The summed E-state index contributed by atoms with van der Waals surface area (Å²) in [6.07, 6.45) is 95.3. The van der Waals surface area contributed by atoms with Gasteiger partial charge in [-0.05, 0) is 128 Å². The Morgan fingerprint density at radius 1 is 0.256 bits per heavy atom. The van der Waals surface area contributed by atoms with Crippen molar-refractivity contribution in [3.8, 4) is 0 Å². The van der Waals surface area contributed by atoms with E-state index in [2.05, 4.69) is 130 Å². The Hall–Kier alpha value is -3.93. The van der Waals surface area contributed by atoms with Gasteiger partial charge in [-0.3, -0.25) is 14.4 Å². The minimum absolute atomic E-state index is 0.0858. The van der Waals surface area contributed by atoms with Crippen LogP contribution in [0.4, 0.5) is 0 Å². The third kappa shape index (κ3) is 66.9. The highest BCUT2D eigenvalue weighted by Gasteiger charge is 2.19. The van der Waals surface area contributed by atoms with Crippen molar-refractivity contribution in [2.75, 3.05) is 13.2 Å². The SMILES string of the molecule is CC/C=C\C/C=C\C/C=C\C/C=C\C/C=C\CCCCCCCCCC(=O)OC(COC(=O)CCCCCCC/C=C\CCCCCCC)COC(=O)CCCCCCCCCCCCCC/C=C\C/C=C\C/C=C\CCCCCCC. The summed E-state index contributed by atoms with van der Waals surface area (Å²) in [4.78, 5) is 38.4. The molecule has 0 spiro atoms. The lowest BCUT2D eigenvalue weighted by Crippen LogP contribution is -2.30. The van der Waals surface area contributed by atoms with Crippen molar-refractivity contribution >= 4 is 17.9 Å². The van der Waals surface area contributed by atoms with E-state index in [1.165, 1.54) is 180 Å². The molecule has 0 aromatic heterocycles. The van der Waals surface area contributed by atoms with Gasteiger partial charge in [0.1, 0.15) is 13.2 Å². The van der Waals surface area contributed by atoms with Crippen LogP contribution in [0.2, 0.25) is 0 Å². The molecular formula is C76H130O6. The fourth-order valence-electron chi connectivity index (χ4n) is 9.77. The predicted molar refractivity (Wildman–Crippen MR) is 357 cm³/mol. The number of hydrogen-bond donors (Lipinski definition) is 0. The van der Waals surface area contributed by atoms with Crippen LogP contribution in [0.15, 0.2) is 109 Å². The maximum absolute atomic E-state index is 13.0. The summed E-state index contributed by atoms with van der Waals surface area (Å²) in [6.45, 7) is 6.52. The van der Waals surface area contributed by atoms with Crippen molar-refractivity contribution in [1.29, 1.82) is 0 Å². The van der Waals surface area contributed by atoms with Gasteiger partial charge in [-0.2, -0.15) is 0 Å². The Morgan fingerprint density at radius 3 is 0.756 bits per heavy atom. The highest BCUT2D eigenvalue weighted by molar-refractivity contribution is 5.71. The van der Waals surface area contributed by atoms with Crippen LogP contribution in [0, 0.1) is 0 Å². The molecule has 0 aromatic rings. The highest BCUT2D eigenvalue weighted by atomic mass is 16.6. The van der Waals surface area contributed by atoms with E-state index < -0.39 is 6.10 Å². The summed E-state index contributed by atoms with van der Waals surface area (Å²) >= 11 is 0. The van der Waals surface area contributed by atoms with Crippen LogP contribution in [-0.4, -0.2) is 37.2 Å². The zero-order chi connectivity index (χ0) is 59.2. The lowest BCUT2D eigenvalue weighted by molar-refractivity contribution is -0.167. The van der Waals surface area contributed by atoms with Crippen molar-refractivity contribution in [2.45, 2.75) is 341 Å². The molecule has 1 unspecified atom stereocenters. The van der Waals surface area contributed by atoms with E-state index in [-0.39, 0.29) is 31.1 Å². The monoisotopic (exact) mass is 1140 g/mol. The fourth-order valence-corrected chi connectivity index (χ4v) is 9.77. The van der Waals surface area contributed by atoms with Gasteiger partial charge in [-0.1, -0.05) is 297 Å². The number of ether oxygens (including phenoxy) is 3. The number of allylic oxidation sites excluding steroid dienone is 18. The second kappa shape index (κ2) is 69.6. The van der Waals surface area contributed by atoms with Gasteiger partial charge in [-0.15, -0.1) is 0 Å². The normalized spacial score (nSPS) is 12.8. The lowest BCUT2D eigenvalue weighted by Gasteiger charge is -2.18. The molecule has 0 amide bonds. The van der Waals surface area contributed by atoms with E-state index in [0.717, 1.165) is 116 Å². The molecule has 0 saturated heterocycles. The smallest absolute Gasteiger partial charge is 0.306 e. The zero-order valence-corrected chi connectivity index (χ0v) is 54.0. The summed E-state index contributed by atoms with van der Waals surface area (Å²) in [5.74, 6) is -0.896. The first-order valence-electron chi connectivity index (χ1n) is 34.9. The quantitative estimate of drug-likeness (QED) is 0.0261. The lowest BCUT2D eigenvalue weighted by atomic mass is 10.0. The maximum Gasteiger partial charge on any atom is 0.306 e. The molecule has 470 valence electrons. The number of carbonyl (C=O) groups excluding carboxylic acids is 3. The molecule has 6 nitrogen and oxygen atoms in total. The third-order valence-electron chi connectivity index (χ3n) is 15.0. The minimum Gasteiger partial charge on any atom is -0.462 e. The first-order chi connectivity index (χ1) is 40.5. The first-order valence-corrected chi connectivity index (χ1v) is 34.9. The van der Waals surface area contributed by atoms with Crippen LogP contribution >= 0.6 is 0 Å². The third-order valence-corrected chi connectivity index (χ3v) is 15.0. The molecule has 0 rings (SSSR count). The number of unbranched alkanes of at least 4 members (excludes halogenated alkanes) is 34. The Morgan fingerprint density at radius 2 is 0.476 bits per heavy atom. The molecule has 0 saturated carbocycles. The largest absolute Gasteiger partial charge is 0.462 e. The zero-order valence-electron chi connectivity index (χ0n) is 54.0. The topological polar surface area (TPSA) is 78.9 Å². The second-order valence-corrected chi connectivity index (χ2v) is 23.1. The van der Waals surface area contributed by atoms with Crippen LogP contribution in [-0.2, 0) is 28.6 Å². The molecule has 82 heavy (non-hydrogen) atoms. The Bertz CT molecular complexity index is 1640. The fraction of sp³-hybridized carbons (Fsp3) is 0.724. The van der Waals surface area contributed by atoms with Crippen LogP contribution in [0.5, 0.6) is 0 Å². The Balaban J connectivity index is 4.34. The van der Waals surface area contributed by atoms with Crippen LogP contribution in [0.1, 0.15) is 335 Å². The molecule has 0 aliphatic heterocycles. The Labute approximate surface area is 508 Å².